The van der Waals surface area contributed by atoms with Gasteiger partial charge >= 0.3 is 0 Å². The lowest BCUT2D eigenvalue weighted by molar-refractivity contribution is 0.934. The third-order valence-corrected chi connectivity index (χ3v) is 8.45. The maximum Gasteiger partial charge on any atom is 0.238 e. The standard InChI is InChI=1S/C40H26N8/c1-4-12-28(13-5-1)37-44-38(29-14-6-2-7-15-29)46-40(45-37)47-26-33(32-18-10-11-19-35(32)47)27-20-22-31(23-21-27)48-36-25-42-41-24-34(36)43-39(48)30-16-8-3-9-17-30/h1-26H. The van der Waals surface area contributed by atoms with E-state index in [2.05, 4.69) is 80.1 Å². The first-order valence-corrected chi connectivity index (χ1v) is 15.6. The molecular weight excluding hydrogens is 592 g/mol. The van der Waals surface area contributed by atoms with Crippen molar-refractivity contribution >= 4 is 21.9 Å². The molecule has 0 atom stereocenters. The van der Waals surface area contributed by atoms with E-state index in [-0.39, 0.29) is 0 Å². The molecule has 9 rings (SSSR count). The summed E-state index contributed by atoms with van der Waals surface area (Å²) in [6.45, 7) is 0. The van der Waals surface area contributed by atoms with Crippen molar-refractivity contribution in [1.29, 1.82) is 0 Å². The molecule has 0 N–H and O–H groups in total. The number of hydrogen-bond acceptors (Lipinski definition) is 6. The molecule has 0 aliphatic rings. The van der Waals surface area contributed by atoms with Crippen molar-refractivity contribution in [3.05, 3.63) is 158 Å². The Hall–Kier alpha value is -6.80. The van der Waals surface area contributed by atoms with Crippen LogP contribution in [0.5, 0.6) is 0 Å². The molecule has 0 radical (unpaired) electrons. The van der Waals surface area contributed by atoms with Gasteiger partial charge in [0.15, 0.2) is 11.6 Å². The van der Waals surface area contributed by atoms with Crippen LogP contribution in [0.4, 0.5) is 0 Å². The number of rotatable bonds is 6. The molecule has 5 aromatic carbocycles. The topological polar surface area (TPSA) is 87.2 Å². The predicted octanol–water partition coefficient (Wildman–Crippen LogP) is 8.61. The third kappa shape index (κ3) is 4.80. The van der Waals surface area contributed by atoms with E-state index in [1.807, 2.05) is 84.9 Å². The third-order valence-electron chi connectivity index (χ3n) is 8.45. The van der Waals surface area contributed by atoms with Gasteiger partial charge in [0.25, 0.3) is 0 Å². The molecule has 0 bridgehead atoms. The normalized spacial score (nSPS) is 11.3. The molecule has 0 spiro atoms. The van der Waals surface area contributed by atoms with Crippen molar-refractivity contribution in [2.24, 2.45) is 0 Å². The number of imidazole rings is 1. The summed E-state index contributed by atoms with van der Waals surface area (Å²) in [5.41, 5.74) is 8.69. The first-order chi connectivity index (χ1) is 23.8. The fourth-order valence-corrected chi connectivity index (χ4v) is 6.16. The largest absolute Gasteiger partial charge is 0.291 e. The van der Waals surface area contributed by atoms with Crippen molar-refractivity contribution < 1.29 is 0 Å². The van der Waals surface area contributed by atoms with Gasteiger partial charge in [0.2, 0.25) is 5.95 Å². The van der Waals surface area contributed by atoms with Gasteiger partial charge in [-0.3, -0.25) is 9.13 Å². The SMILES string of the molecule is c1ccc(-c2nc(-c3ccccc3)nc(-n3cc(-c4ccc(-n5c(-c6ccccc6)nc6cnncc65)cc4)c4ccccc43)n2)cc1. The minimum absolute atomic E-state index is 0.556. The summed E-state index contributed by atoms with van der Waals surface area (Å²) in [5.74, 6) is 2.63. The Labute approximate surface area is 275 Å². The number of hydrogen-bond donors (Lipinski definition) is 0. The Morgan fingerprint density at radius 3 is 1.69 bits per heavy atom. The van der Waals surface area contributed by atoms with E-state index < -0.39 is 0 Å². The van der Waals surface area contributed by atoms with Crippen LogP contribution in [0.3, 0.4) is 0 Å². The number of benzene rings is 5. The van der Waals surface area contributed by atoms with E-state index in [0.29, 0.717) is 17.6 Å². The lowest BCUT2D eigenvalue weighted by Crippen LogP contribution is -2.05. The lowest BCUT2D eigenvalue weighted by Gasteiger charge is -2.10. The van der Waals surface area contributed by atoms with Gasteiger partial charge in [-0.25, -0.2) is 9.97 Å². The highest BCUT2D eigenvalue weighted by molar-refractivity contribution is 5.97. The average molecular weight is 619 g/mol. The van der Waals surface area contributed by atoms with Gasteiger partial charge in [0.05, 0.1) is 23.4 Å². The number of aromatic nitrogens is 8. The van der Waals surface area contributed by atoms with Crippen molar-refractivity contribution in [1.82, 2.24) is 39.3 Å². The second-order valence-electron chi connectivity index (χ2n) is 11.4. The fraction of sp³-hybridized carbons (Fsp3) is 0. The van der Waals surface area contributed by atoms with Crippen LogP contribution in [0.25, 0.3) is 78.9 Å². The molecule has 8 nitrogen and oxygen atoms in total. The molecule has 4 aromatic heterocycles. The molecule has 4 heterocycles. The quantitative estimate of drug-likeness (QED) is 0.185. The lowest BCUT2D eigenvalue weighted by atomic mass is 10.0. The molecule has 0 aliphatic heterocycles. The van der Waals surface area contributed by atoms with Gasteiger partial charge in [0.1, 0.15) is 11.3 Å². The van der Waals surface area contributed by atoms with Crippen LogP contribution in [0.15, 0.2) is 158 Å². The van der Waals surface area contributed by atoms with E-state index in [1.165, 1.54) is 0 Å². The Morgan fingerprint density at radius 2 is 1.02 bits per heavy atom. The summed E-state index contributed by atoms with van der Waals surface area (Å²) in [4.78, 5) is 19.8. The summed E-state index contributed by atoms with van der Waals surface area (Å²) in [6.07, 6.45) is 5.59. The highest BCUT2D eigenvalue weighted by atomic mass is 15.2. The summed E-state index contributed by atoms with van der Waals surface area (Å²) in [7, 11) is 0. The van der Waals surface area contributed by atoms with Crippen molar-refractivity contribution in [2.45, 2.75) is 0 Å². The van der Waals surface area contributed by atoms with Crippen LogP contribution in [-0.4, -0.2) is 39.3 Å². The zero-order valence-electron chi connectivity index (χ0n) is 25.6. The summed E-state index contributed by atoms with van der Waals surface area (Å²) in [6, 6.07) is 47.1. The van der Waals surface area contributed by atoms with E-state index in [4.69, 9.17) is 19.9 Å². The van der Waals surface area contributed by atoms with Gasteiger partial charge in [-0.1, -0.05) is 121 Å². The van der Waals surface area contributed by atoms with E-state index >= 15 is 0 Å². The molecule has 9 aromatic rings. The fourth-order valence-electron chi connectivity index (χ4n) is 6.16. The molecule has 0 amide bonds. The number of nitrogens with zero attached hydrogens (tertiary/aromatic N) is 8. The monoisotopic (exact) mass is 618 g/mol. The average Bonchev–Trinajstić information content (AvgIpc) is 3.76. The van der Waals surface area contributed by atoms with Crippen molar-refractivity contribution in [3.8, 4) is 56.9 Å². The van der Waals surface area contributed by atoms with Gasteiger partial charge in [0, 0.05) is 39.5 Å². The second kappa shape index (κ2) is 11.5. The van der Waals surface area contributed by atoms with Crippen LogP contribution in [0.1, 0.15) is 0 Å². The van der Waals surface area contributed by atoms with E-state index in [9.17, 15) is 0 Å². The van der Waals surface area contributed by atoms with Crippen molar-refractivity contribution in [2.75, 3.05) is 0 Å². The van der Waals surface area contributed by atoms with Gasteiger partial charge in [-0.2, -0.15) is 20.2 Å². The Morgan fingerprint density at radius 1 is 0.438 bits per heavy atom. The van der Waals surface area contributed by atoms with Gasteiger partial charge < -0.3 is 0 Å². The molecular formula is C40H26N8. The Balaban J connectivity index is 1.18. The smallest absolute Gasteiger partial charge is 0.238 e. The molecule has 48 heavy (non-hydrogen) atoms. The van der Waals surface area contributed by atoms with E-state index in [0.717, 1.165) is 61.3 Å². The summed E-state index contributed by atoms with van der Waals surface area (Å²) < 4.78 is 4.20. The molecule has 0 fully saturated rings. The molecule has 0 saturated heterocycles. The molecule has 226 valence electrons. The molecule has 0 saturated carbocycles. The van der Waals surface area contributed by atoms with E-state index in [1.54, 1.807) is 12.4 Å². The summed E-state index contributed by atoms with van der Waals surface area (Å²) >= 11 is 0. The van der Waals surface area contributed by atoms with Crippen LogP contribution in [0.2, 0.25) is 0 Å². The van der Waals surface area contributed by atoms with Crippen LogP contribution in [0, 0.1) is 0 Å². The highest BCUT2D eigenvalue weighted by Crippen LogP contribution is 2.35. The van der Waals surface area contributed by atoms with Crippen LogP contribution >= 0.6 is 0 Å². The van der Waals surface area contributed by atoms with Crippen LogP contribution in [-0.2, 0) is 0 Å². The first-order valence-electron chi connectivity index (χ1n) is 15.6. The molecule has 8 heteroatoms. The molecule has 0 unspecified atom stereocenters. The van der Waals surface area contributed by atoms with Crippen LogP contribution < -0.4 is 0 Å². The van der Waals surface area contributed by atoms with Crippen molar-refractivity contribution in [3.63, 3.8) is 0 Å². The highest BCUT2D eigenvalue weighted by Gasteiger charge is 2.18. The Bertz CT molecular complexity index is 2480. The minimum Gasteiger partial charge on any atom is -0.291 e. The zero-order chi connectivity index (χ0) is 31.9. The van der Waals surface area contributed by atoms with Gasteiger partial charge in [-0.15, -0.1) is 0 Å². The maximum absolute atomic E-state index is 4.99. The predicted molar refractivity (Wildman–Crippen MR) is 189 cm³/mol. The number of para-hydroxylation sites is 1. The number of fused-ring (bicyclic) bond motifs is 2. The zero-order valence-corrected chi connectivity index (χ0v) is 25.6. The summed E-state index contributed by atoms with van der Waals surface area (Å²) in [5, 5.41) is 9.32. The molecule has 0 aliphatic carbocycles. The maximum atomic E-state index is 4.99. The van der Waals surface area contributed by atoms with Gasteiger partial charge in [-0.05, 0) is 23.8 Å². The first kappa shape index (κ1) is 27.5. The minimum atomic E-state index is 0.556. The Kier molecular flexibility index (Phi) is 6.61. The second-order valence-corrected chi connectivity index (χ2v) is 11.4.